The van der Waals surface area contributed by atoms with E-state index in [0.29, 0.717) is 6.04 Å². The molecule has 0 aliphatic heterocycles. The van der Waals surface area contributed by atoms with Gasteiger partial charge >= 0.3 is 0 Å². The van der Waals surface area contributed by atoms with Crippen molar-refractivity contribution in [2.75, 3.05) is 0 Å². The maximum absolute atomic E-state index is 5.76. The first-order chi connectivity index (χ1) is 7.33. The van der Waals surface area contributed by atoms with E-state index >= 15 is 0 Å². The summed E-state index contributed by atoms with van der Waals surface area (Å²) in [6.07, 6.45) is 2.08. The van der Waals surface area contributed by atoms with E-state index in [2.05, 4.69) is 31.2 Å². The van der Waals surface area contributed by atoms with Crippen LogP contribution in [0.1, 0.15) is 18.9 Å². The minimum atomic E-state index is 0. The monoisotopic (exact) mass is 257 g/mol. The predicted octanol–water partition coefficient (Wildman–Crippen LogP) is 3.09. The van der Waals surface area contributed by atoms with Crippen LogP contribution in [0, 0.1) is 0 Å². The second kappa shape index (κ2) is 9.41. The van der Waals surface area contributed by atoms with Gasteiger partial charge in [0.1, 0.15) is 0 Å². The summed E-state index contributed by atoms with van der Waals surface area (Å²) in [7, 11) is 0. The van der Waals surface area contributed by atoms with Gasteiger partial charge in [-0.2, -0.15) is 18.2 Å². The van der Waals surface area contributed by atoms with Gasteiger partial charge in [0.2, 0.25) is 0 Å². The summed E-state index contributed by atoms with van der Waals surface area (Å²) >= 11 is 0. The molecule has 2 rings (SSSR count). The van der Waals surface area contributed by atoms with Crippen LogP contribution in [0.15, 0.2) is 54.6 Å². The number of hydrogen-bond acceptors (Lipinski definition) is 1. The summed E-state index contributed by atoms with van der Waals surface area (Å²) in [6, 6.07) is 18.7. The van der Waals surface area contributed by atoms with Crippen molar-refractivity contribution >= 4 is 0 Å². The van der Waals surface area contributed by atoms with E-state index in [1.54, 1.807) is 0 Å². The molecule has 0 saturated carbocycles. The third kappa shape index (κ3) is 6.62. The first-order valence-corrected chi connectivity index (χ1v) is 5.45. The van der Waals surface area contributed by atoms with Gasteiger partial charge in [0.15, 0.2) is 0 Å². The summed E-state index contributed by atoms with van der Waals surface area (Å²) in [4.78, 5) is 0. The average Bonchev–Trinajstić information content (AvgIpc) is 2.92. The quantitative estimate of drug-likeness (QED) is 0.663. The van der Waals surface area contributed by atoms with Crippen LogP contribution >= 0.6 is 0 Å². The molecule has 2 aromatic carbocycles. The summed E-state index contributed by atoms with van der Waals surface area (Å²) in [5.74, 6) is 0. The number of rotatable bonds is 3. The van der Waals surface area contributed by atoms with Crippen molar-refractivity contribution in [2.45, 2.75) is 25.8 Å². The van der Waals surface area contributed by atoms with E-state index in [1.165, 1.54) is 5.56 Å². The summed E-state index contributed by atoms with van der Waals surface area (Å²) in [6.45, 7) is 2.12. The fourth-order valence-electron chi connectivity index (χ4n) is 1.32. The molecular formula is C14H19FeN-6. The van der Waals surface area contributed by atoms with Crippen molar-refractivity contribution in [3.05, 3.63) is 60.2 Å². The van der Waals surface area contributed by atoms with E-state index in [-0.39, 0.29) is 17.1 Å². The van der Waals surface area contributed by atoms with Gasteiger partial charge < -0.3 is 35.6 Å². The molecule has 0 amide bonds. The van der Waals surface area contributed by atoms with Crippen LogP contribution in [0.3, 0.4) is 0 Å². The zero-order valence-electron chi connectivity index (χ0n) is 9.62. The van der Waals surface area contributed by atoms with Gasteiger partial charge in [-0.3, -0.25) is 0 Å². The molecule has 2 heteroatoms. The molecule has 0 aromatic heterocycles. The molecular weight excluding hydrogens is 238 g/mol. The van der Waals surface area contributed by atoms with Gasteiger partial charge in [-0.25, -0.2) is 18.6 Å². The van der Waals surface area contributed by atoms with E-state index in [9.17, 15) is 0 Å². The standard InChI is InChI=1S/C9H14N.C5H5.Fe/c1-2-9(10)7-8-5-3-4-6-8;1-2-4-5-3-1;/h3-6,9H,2,7,10H2,1H3;1-5H;/q-5;-1;. The molecule has 0 spiro atoms. The van der Waals surface area contributed by atoms with E-state index in [4.69, 9.17) is 5.73 Å². The summed E-state index contributed by atoms with van der Waals surface area (Å²) in [5.41, 5.74) is 7.12. The molecule has 2 aromatic rings. The number of hydrogen-bond donors (Lipinski definition) is 1. The Bertz CT molecular complexity index is 293. The molecule has 94 valence electrons. The molecule has 0 saturated heterocycles. The maximum atomic E-state index is 5.76. The molecule has 1 unspecified atom stereocenters. The Morgan fingerprint density at radius 1 is 1.19 bits per heavy atom. The van der Waals surface area contributed by atoms with Crippen LogP contribution in [0.5, 0.6) is 0 Å². The van der Waals surface area contributed by atoms with Gasteiger partial charge in [-0.05, 0) is 12.5 Å². The van der Waals surface area contributed by atoms with Gasteiger partial charge in [0.25, 0.3) is 0 Å². The number of nitrogens with two attached hydrogens (primary N) is 1. The van der Waals surface area contributed by atoms with Crippen molar-refractivity contribution in [1.82, 2.24) is 0 Å². The minimum absolute atomic E-state index is 0. The topological polar surface area (TPSA) is 26.0 Å². The van der Waals surface area contributed by atoms with Crippen LogP contribution in [-0.4, -0.2) is 6.04 Å². The first kappa shape index (κ1) is 15.2. The van der Waals surface area contributed by atoms with E-state index in [0.717, 1.165) is 12.8 Å². The molecule has 0 fully saturated rings. The van der Waals surface area contributed by atoms with Gasteiger partial charge in [-0.15, -0.1) is 0 Å². The zero-order chi connectivity index (χ0) is 10.9. The van der Waals surface area contributed by atoms with Crippen molar-refractivity contribution in [3.63, 3.8) is 0 Å². The van der Waals surface area contributed by atoms with Crippen molar-refractivity contribution in [1.29, 1.82) is 0 Å². The predicted molar refractivity (Wildman–Crippen MR) is 66.0 cm³/mol. The Labute approximate surface area is 109 Å². The Kier molecular flexibility index (Phi) is 8.93. The molecule has 0 aliphatic carbocycles. The van der Waals surface area contributed by atoms with Crippen LogP contribution in [0.25, 0.3) is 0 Å². The van der Waals surface area contributed by atoms with Crippen LogP contribution in [0.4, 0.5) is 0 Å². The Balaban J connectivity index is 0.000000318. The minimum Gasteiger partial charge on any atom is -0.748 e. The van der Waals surface area contributed by atoms with Crippen molar-refractivity contribution in [3.8, 4) is 0 Å². The largest absolute Gasteiger partial charge is 0.748 e. The summed E-state index contributed by atoms with van der Waals surface area (Å²) < 4.78 is 0. The fourth-order valence-corrected chi connectivity index (χ4v) is 1.32. The van der Waals surface area contributed by atoms with Crippen LogP contribution in [0.2, 0.25) is 0 Å². The molecule has 16 heavy (non-hydrogen) atoms. The summed E-state index contributed by atoms with van der Waals surface area (Å²) in [5, 5.41) is 0. The third-order valence-corrected chi connectivity index (χ3v) is 2.31. The van der Waals surface area contributed by atoms with E-state index in [1.807, 2.05) is 30.3 Å². The Hall–Kier alpha value is -0.821. The van der Waals surface area contributed by atoms with E-state index < -0.39 is 0 Å². The molecule has 0 bridgehead atoms. The first-order valence-electron chi connectivity index (χ1n) is 5.45. The molecule has 0 aliphatic rings. The maximum Gasteiger partial charge on any atom is 0 e. The Morgan fingerprint density at radius 3 is 2.12 bits per heavy atom. The molecule has 0 heterocycles. The van der Waals surface area contributed by atoms with Gasteiger partial charge in [0.05, 0.1) is 0 Å². The van der Waals surface area contributed by atoms with Crippen molar-refractivity contribution < 1.29 is 17.1 Å². The molecule has 2 N–H and O–H groups in total. The molecule has 1 atom stereocenters. The average molecular weight is 257 g/mol. The third-order valence-electron chi connectivity index (χ3n) is 2.31. The van der Waals surface area contributed by atoms with Crippen LogP contribution < -0.4 is 5.73 Å². The van der Waals surface area contributed by atoms with Crippen molar-refractivity contribution in [2.24, 2.45) is 5.73 Å². The molecule has 1 nitrogen and oxygen atoms in total. The fraction of sp³-hybridized carbons (Fsp3) is 0.286. The normalized spacial score (nSPS) is 10.9. The second-order valence-corrected chi connectivity index (χ2v) is 3.63. The molecule has 0 radical (unpaired) electrons. The smallest absolute Gasteiger partial charge is 0 e. The zero-order valence-corrected chi connectivity index (χ0v) is 10.7. The Morgan fingerprint density at radius 2 is 1.75 bits per heavy atom. The van der Waals surface area contributed by atoms with Gasteiger partial charge in [-0.1, -0.05) is 6.92 Å². The van der Waals surface area contributed by atoms with Gasteiger partial charge in [0, 0.05) is 17.1 Å². The second-order valence-electron chi connectivity index (χ2n) is 3.63. The van der Waals surface area contributed by atoms with Crippen LogP contribution in [-0.2, 0) is 23.5 Å². The SMILES string of the molecule is CCC(N)C[c-]1[cH-][cH-][cH-][cH-]1.[Fe].c1cc[cH-]c1.